The molecule has 0 radical (unpaired) electrons. The zero-order valence-electron chi connectivity index (χ0n) is 9.50. The molecule has 1 rings (SSSR count). The van der Waals surface area contributed by atoms with Crippen molar-refractivity contribution in [2.24, 2.45) is 5.73 Å². The van der Waals surface area contributed by atoms with E-state index in [9.17, 15) is 23.1 Å². The van der Waals surface area contributed by atoms with Crippen LogP contribution in [0.25, 0.3) is 0 Å². The molecule has 1 heterocycles. The molecule has 2 unspecified atom stereocenters. The summed E-state index contributed by atoms with van der Waals surface area (Å²) in [6, 6.07) is -0.964. The number of aliphatic hydroxyl groups is 1. The second-order valence-electron chi connectivity index (χ2n) is 4.17. The van der Waals surface area contributed by atoms with Gasteiger partial charge in [0.15, 0.2) is 0 Å². The van der Waals surface area contributed by atoms with Crippen LogP contribution >= 0.6 is 0 Å². The van der Waals surface area contributed by atoms with Crippen LogP contribution in [0.5, 0.6) is 0 Å². The van der Waals surface area contributed by atoms with Crippen molar-refractivity contribution in [1.82, 2.24) is 4.90 Å². The SMILES string of the molecule is CS(=O)(=O)CCC(C(N)=O)N1CCC(O)C1=O. The van der Waals surface area contributed by atoms with Crippen molar-refractivity contribution in [1.29, 1.82) is 0 Å². The molecule has 0 aromatic heterocycles. The molecule has 3 N–H and O–H groups in total. The van der Waals surface area contributed by atoms with Crippen molar-refractivity contribution in [3.8, 4) is 0 Å². The van der Waals surface area contributed by atoms with Gasteiger partial charge >= 0.3 is 0 Å². The smallest absolute Gasteiger partial charge is 0.252 e. The normalized spacial score (nSPS) is 22.8. The number of hydrogen-bond donors (Lipinski definition) is 2. The minimum Gasteiger partial charge on any atom is -0.383 e. The number of nitrogens with zero attached hydrogens (tertiary/aromatic N) is 1. The van der Waals surface area contributed by atoms with Crippen LogP contribution in [-0.4, -0.2) is 60.9 Å². The second kappa shape index (κ2) is 5.01. The van der Waals surface area contributed by atoms with Gasteiger partial charge in [-0.05, 0) is 12.8 Å². The molecular formula is C9H16N2O5S. The van der Waals surface area contributed by atoms with E-state index in [0.29, 0.717) is 0 Å². The van der Waals surface area contributed by atoms with Gasteiger partial charge in [0.2, 0.25) is 5.91 Å². The lowest BCUT2D eigenvalue weighted by Crippen LogP contribution is -2.47. The lowest BCUT2D eigenvalue weighted by molar-refractivity contribution is -0.140. The molecular weight excluding hydrogens is 248 g/mol. The number of carbonyl (C=O) groups is 2. The number of primary amides is 1. The van der Waals surface area contributed by atoms with Gasteiger partial charge < -0.3 is 15.7 Å². The van der Waals surface area contributed by atoms with E-state index in [0.717, 1.165) is 11.2 Å². The van der Waals surface area contributed by atoms with E-state index in [-0.39, 0.29) is 25.1 Å². The molecule has 2 amide bonds. The molecule has 0 bridgehead atoms. The first-order chi connectivity index (χ1) is 7.72. The summed E-state index contributed by atoms with van der Waals surface area (Å²) >= 11 is 0. The Morgan fingerprint density at radius 1 is 1.65 bits per heavy atom. The molecule has 17 heavy (non-hydrogen) atoms. The van der Waals surface area contributed by atoms with Gasteiger partial charge in [0.05, 0.1) is 5.75 Å². The molecule has 1 saturated heterocycles. The molecule has 2 atom stereocenters. The highest BCUT2D eigenvalue weighted by Crippen LogP contribution is 2.16. The van der Waals surface area contributed by atoms with Crippen LogP contribution in [0.2, 0.25) is 0 Å². The molecule has 1 aliphatic heterocycles. The number of hydrogen-bond acceptors (Lipinski definition) is 5. The van der Waals surface area contributed by atoms with Crippen molar-refractivity contribution in [2.75, 3.05) is 18.6 Å². The highest BCUT2D eigenvalue weighted by Gasteiger charge is 2.37. The summed E-state index contributed by atoms with van der Waals surface area (Å²) < 4.78 is 22.0. The average molecular weight is 264 g/mol. The fourth-order valence-electron chi connectivity index (χ4n) is 1.77. The molecule has 1 aliphatic rings. The van der Waals surface area contributed by atoms with E-state index in [2.05, 4.69) is 0 Å². The van der Waals surface area contributed by atoms with Gasteiger partial charge in [0, 0.05) is 12.8 Å². The summed E-state index contributed by atoms with van der Waals surface area (Å²) in [6.45, 7) is 0.220. The maximum absolute atomic E-state index is 11.5. The third-order valence-corrected chi connectivity index (χ3v) is 3.66. The molecule has 0 aliphatic carbocycles. The molecule has 0 spiro atoms. The van der Waals surface area contributed by atoms with Crippen molar-refractivity contribution in [2.45, 2.75) is 25.0 Å². The Balaban J connectivity index is 2.74. The van der Waals surface area contributed by atoms with Gasteiger partial charge in [-0.25, -0.2) is 8.42 Å². The van der Waals surface area contributed by atoms with Gasteiger partial charge in [-0.2, -0.15) is 0 Å². The van der Waals surface area contributed by atoms with Gasteiger partial charge in [-0.3, -0.25) is 9.59 Å². The van der Waals surface area contributed by atoms with Crippen molar-refractivity contribution < 1.29 is 23.1 Å². The molecule has 1 fully saturated rings. The summed E-state index contributed by atoms with van der Waals surface area (Å²) in [5.74, 6) is -1.54. The lowest BCUT2D eigenvalue weighted by Gasteiger charge is -2.24. The summed E-state index contributed by atoms with van der Waals surface area (Å²) in [4.78, 5) is 23.9. The Morgan fingerprint density at radius 2 is 2.24 bits per heavy atom. The van der Waals surface area contributed by atoms with E-state index in [1.807, 2.05) is 0 Å². The number of sulfone groups is 1. The zero-order chi connectivity index (χ0) is 13.2. The van der Waals surface area contributed by atoms with Crippen LogP contribution < -0.4 is 5.73 Å². The molecule has 98 valence electrons. The Hall–Kier alpha value is -1.15. The van der Waals surface area contributed by atoms with E-state index >= 15 is 0 Å². The lowest BCUT2D eigenvalue weighted by atomic mass is 10.2. The van der Waals surface area contributed by atoms with Crippen molar-refractivity contribution in [3.63, 3.8) is 0 Å². The van der Waals surface area contributed by atoms with Crippen molar-refractivity contribution in [3.05, 3.63) is 0 Å². The molecule has 7 nitrogen and oxygen atoms in total. The Morgan fingerprint density at radius 3 is 2.59 bits per heavy atom. The average Bonchev–Trinajstić information content (AvgIpc) is 2.47. The van der Waals surface area contributed by atoms with Crippen LogP contribution in [0.4, 0.5) is 0 Å². The molecule has 0 aromatic rings. The minimum absolute atomic E-state index is 0.0351. The first-order valence-corrected chi connectivity index (χ1v) is 7.24. The maximum atomic E-state index is 11.5. The largest absolute Gasteiger partial charge is 0.383 e. The monoisotopic (exact) mass is 264 g/mol. The number of carbonyl (C=O) groups excluding carboxylic acids is 2. The van der Waals surface area contributed by atoms with Crippen LogP contribution in [0.1, 0.15) is 12.8 Å². The fraction of sp³-hybridized carbons (Fsp3) is 0.778. The minimum atomic E-state index is -3.22. The summed E-state index contributed by atoms with van der Waals surface area (Å²) in [7, 11) is -3.22. The number of nitrogens with two attached hydrogens (primary N) is 1. The van der Waals surface area contributed by atoms with E-state index in [1.165, 1.54) is 0 Å². The number of aliphatic hydroxyl groups excluding tert-OH is 1. The van der Waals surface area contributed by atoms with Gasteiger partial charge in [-0.1, -0.05) is 0 Å². The highest BCUT2D eigenvalue weighted by atomic mass is 32.2. The van der Waals surface area contributed by atoms with Gasteiger partial charge in [-0.15, -0.1) is 0 Å². The highest BCUT2D eigenvalue weighted by molar-refractivity contribution is 7.90. The zero-order valence-corrected chi connectivity index (χ0v) is 10.3. The quantitative estimate of drug-likeness (QED) is 0.588. The fourth-order valence-corrected chi connectivity index (χ4v) is 2.42. The molecule has 0 saturated carbocycles. The first-order valence-electron chi connectivity index (χ1n) is 5.18. The molecule has 0 aromatic carbocycles. The Labute approximate surface area is 99.5 Å². The topological polar surface area (TPSA) is 118 Å². The second-order valence-corrected chi connectivity index (χ2v) is 6.43. The Bertz CT molecular complexity index is 419. The van der Waals surface area contributed by atoms with E-state index in [4.69, 9.17) is 5.73 Å². The summed E-state index contributed by atoms with van der Waals surface area (Å²) in [6.07, 6.45) is 0.134. The third-order valence-electron chi connectivity index (χ3n) is 2.68. The summed E-state index contributed by atoms with van der Waals surface area (Å²) in [5.41, 5.74) is 5.14. The van der Waals surface area contributed by atoms with Crippen LogP contribution in [0.15, 0.2) is 0 Å². The van der Waals surface area contributed by atoms with Crippen molar-refractivity contribution >= 4 is 21.7 Å². The predicted molar refractivity (Wildman–Crippen MR) is 59.6 cm³/mol. The number of likely N-dealkylation sites (tertiary alicyclic amines) is 1. The third kappa shape index (κ3) is 3.67. The van der Waals surface area contributed by atoms with Crippen LogP contribution in [0, 0.1) is 0 Å². The Kier molecular flexibility index (Phi) is 4.10. The van der Waals surface area contributed by atoms with Gasteiger partial charge in [0.1, 0.15) is 22.0 Å². The molecule has 8 heteroatoms. The van der Waals surface area contributed by atoms with Gasteiger partial charge in [0.25, 0.3) is 5.91 Å². The van der Waals surface area contributed by atoms with Crippen LogP contribution in [-0.2, 0) is 19.4 Å². The van der Waals surface area contributed by atoms with Crippen LogP contribution in [0.3, 0.4) is 0 Å². The maximum Gasteiger partial charge on any atom is 0.252 e. The predicted octanol–water partition coefficient (Wildman–Crippen LogP) is -2.13. The number of rotatable bonds is 5. The summed E-state index contributed by atoms with van der Waals surface area (Å²) in [5, 5.41) is 9.27. The number of amides is 2. The first kappa shape index (κ1) is 13.9. The van der Waals surface area contributed by atoms with E-state index < -0.39 is 33.8 Å². The van der Waals surface area contributed by atoms with E-state index in [1.54, 1.807) is 0 Å². The standard InChI is InChI=1S/C9H16N2O5S/c1-17(15,16)5-3-6(8(10)13)11-4-2-7(12)9(11)14/h6-7,12H,2-5H2,1H3,(H2,10,13).